The van der Waals surface area contributed by atoms with Crippen LogP contribution in [0.25, 0.3) is 11.3 Å². The van der Waals surface area contributed by atoms with Crippen LogP contribution >= 0.6 is 0 Å². The van der Waals surface area contributed by atoms with Gasteiger partial charge in [0.2, 0.25) is 0 Å². The van der Waals surface area contributed by atoms with E-state index in [4.69, 9.17) is 0 Å². The van der Waals surface area contributed by atoms with Crippen LogP contribution < -0.4 is 5.32 Å². The van der Waals surface area contributed by atoms with Gasteiger partial charge in [0.1, 0.15) is 5.82 Å². The van der Waals surface area contributed by atoms with E-state index in [-0.39, 0.29) is 11.4 Å². The normalized spacial score (nSPS) is 11.8. The predicted molar refractivity (Wildman–Crippen MR) is 66.1 cm³/mol. The number of nitrogens with one attached hydrogen (secondary N) is 2. The highest BCUT2D eigenvalue weighted by Crippen LogP contribution is 2.29. The lowest BCUT2D eigenvalue weighted by molar-refractivity contribution is 0.446. The van der Waals surface area contributed by atoms with E-state index in [2.05, 4.69) is 29.4 Å². The van der Waals surface area contributed by atoms with Gasteiger partial charge in [-0.05, 0) is 45.2 Å². The zero-order valence-electron chi connectivity index (χ0n) is 10.2. The van der Waals surface area contributed by atoms with Gasteiger partial charge in [0.25, 0.3) is 0 Å². The Morgan fingerprint density at radius 2 is 1.88 bits per heavy atom. The van der Waals surface area contributed by atoms with E-state index in [0.717, 1.165) is 16.8 Å². The number of hydrogen-bond acceptors (Lipinski definition) is 2. The Labute approximate surface area is 100 Å². The summed E-state index contributed by atoms with van der Waals surface area (Å²) in [6.07, 6.45) is 1.80. The first-order valence-electron chi connectivity index (χ1n) is 5.53. The molecule has 3 nitrogen and oxygen atoms in total. The van der Waals surface area contributed by atoms with Gasteiger partial charge in [0.15, 0.2) is 0 Å². The third-order valence-corrected chi connectivity index (χ3v) is 3.07. The summed E-state index contributed by atoms with van der Waals surface area (Å²) in [5.74, 6) is -0.234. The van der Waals surface area contributed by atoms with Crippen molar-refractivity contribution < 1.29 is 4.39 Å². The Bertz CT molecular complexity index is 500. The molecular weight excluding hydrogens is 217 g/mol. The second-order valence-corrected chi connectivity index (χ2v) is 4.54. The van der Waals surface area contributed by atoms with Gasteiger partial charge in [-0.25, -0.2) is 4.39 Å². The highest BCUT2D eigenvalue weighted by molar-refractivity contribution is 5.63. The minimum absolute atomic E-state index is 0.184. The van der Waals surface area contributed by atoms with E-state index in [1.165, 1.54) is 12.1 Å². The smallest absolute Gasteiger partial charge is 0.123 e. The number of aromatic amines is 1. The van der Waals surface area contributed by atoms with Crippen LogP contribution in [0.4, 0.5) is 4.39 Å². The van der Waals surface area contributed by atoms with Gasteiger partial charge in [0, 0.05) is 16.7 Å². The lowest BCUT2D eigenvalue weighted by Crippen LogP contribution is -2.33. The summed E-state index contributed by atoms with van der Waals surface area (Å²) in [6.45, 7) is 4.15. The van der Waals surface area contributed by atoms with E-state index >= 15 is 0 Å². The number of halogens is 1. The topological polar surface area (TPSA) is 40.7 Å². The number of hydrogen-bond donors (Lipinski definition) is 2. The van der Waals surface area contributed by atoms with Crippen LogP contribution in [0.5, 0.6) is 0 Å². The van der Waals surface area contributed by atoms with E-state index in [1.807, 2.05) is 7.05 Å². The molecule has 0 unspecified atom stereocenters. The molecule has 0 aliphatic carbocycles. The molecular formula is C13H16FN3. The van der Waals surface area contributed by atoms with E-state index in [1.54, 1.807) is 18.3 Å². The van der Waals surface area contributed by atoms with Crippen LogP contribution in [-0.2, 0) is 5.54 Å². The summed E-state index contributed by atoms with van der Waals surface area (Å²) in [6, 6.07) is 6.40. The molecule has 17 heavy (non-hydrogen) atoms. The van der Waals surface area contributed by atoms with Crippen molar-refractivity contribution in [2.75, 3.05) is 7.05 Å². The first-order valence-corrected chi connectivity index (χ1v) is 5.53. The molecule has 1 aromatic heterocycles. The first kappa shape index (κ1) is 11.8. The third kappa shape index (κ3) is 2.22. The van der Waals surface area contributed by atoms with Crippen molar-refractivity contribution in [3.8, 4) is 11.3 Å². The van der Waals surface area contributed by atoms with Crippen LogP contribution in [0.3, 0.4) is 0 Å². The Hall–Kier alpha value is -1.68. The molecule has 1 heterocycles. The quantitative estimate of drug-likeness (QED) is 0.855. The van der Waals surface area contributed by atoms with E-state index < -0.39 is 0 Å². The first-order chi connectivity index (χ1) is 8.04. The Balaban J connectivity index is 2.47. The molecule has 2 rings (SSSR count). The van der Waals surface area contributed by atoms with Gasteiger partial charge >= 0.3 is 0 Å². The lowest BCUT2D eigenvalue weighted by Gasteiger charge is -2.24. The maximum atomic E-state index is 12.9. The van der Waals surface area contributed by atoms with Crippen LogP contribution in [0.15, 0.2) is 30.5 Å². The average Bonchev–Trinajstić information content (AvgIpc) is 2.80. The summed E-state index contributed by atoms with van der Waals surface area (Å²) in [5, 5.41) is 10.3. The average molecular weight is 233 g/mol. The molecule has 0 radical (unpaired) electrons. The summed E-state index contributed by atoms with van der Waals surface area (Å²) < 4.78 is 12.9. The highest BCUT2D eigenvalue weighted by atomic mass is 19.1. The fourth-order valence-electron chi connectivity index (χ4n) is 1.73. The van der Waals surface area contributed by atoms with E-state index in [0.29, 0.717) is 0 Å². The monoisotopic (exact) mass is 233 g/mol. The number of benzene rings is 1. The van der Waals surface area contributed by atoms with Gasteiger partial charge in [-0.3, -0.25) is 5.10 Å². The molecule has 0 bridgehead atoms. The molecule has 0 saturated heterocycles. The zero-order chi connectivity index (χ0) is 12.5. The molecule has 0 aliphatic heterocycles. The molecule has 0 fully saturated rings. The van der Waals surface area contributed by atoms with Gasteiger partial charge in [0.05, 0.1) is 11.9 Å². The zero-order valence-corrected chi connectivity index (χ0v) is 10.2. The molecule has 2 aromatic rings. The maximum absolute atomic E-state index is 12.9. The SMILES string of the molecule is CNC(C)(C)c1cn[nH]c1-c1ccc(F)cc1. The summed E-state index contributed by atoms with van der Waals surface area (Å²) in [4.78, 5) is 0. The fraction of sp³-hybridized carbons (Fsp3) is 0.308. The minimum atomic E-state index is -0.234. The Morgan fingerprint density at radius 1 is 1.24 bits per heavy atom. The largest absolute Gasteiger partial charge is 0.311 e. The van der Waals surface area contributed by atoms with Crippen molar-refractivity contribution in [2.45, 2.75) is 19.4 Å². The van der Waals surface area contributed by atoms with Crippen molar-refractivity contribution in [1.29, 1.82) is 0 Å². The van der Waals surface area contributed by atoms with Crippen molar-refractivity contribution in [3.63, 3.8) is 0 Å². The molecule has 0 aliphatic rings. The maximum Gasteiger partial charge on any atom is 0.123 e. The summed E-state index contributed by atoms with van der Waals surface area (Å²) in [7, 11) is 1.90. The van der Waals surface area contributed by atoms with Crippen LogP contribution in [0.2, 0.25) is 0 Å². The number of aromatic nitrogens is 2. The van der Waals surface area contributed by atoms with E-state index in [9.17, 15) is 4.39 Å². The number of rotatable bonds is 3. The standard InChI is InChI=1S/C13H16FN3/c1-13(2,15-3)11-8-16-17-12(11)9-4-6-10(14)7-5-9/h4-8,15H,1-3H3,(H,16,17). The molecule has 0 amide bonds. The fourth-order valence-corrected chi connectivity index (χ4v) is 1.73. The summed E-state index contributed by atoms with van der Waals surface area (Å²) >= 11 is 0. The van der Waals surface area contributed by atoms with Crippen molar-refractivity contribution >= 4 is 0 Å². The molecule has 90 valence electrons. The molecule has 0 atom stereocenters. The second kappa shape index (κ2) is 4.30. The second-order valence-electron chi connectivity index (χ2n) is 4.54. The predicted octanol–water partition coefficient (Wildman–Crippen LogP) is 2.67. The number of nitrogens with zero attached hydrogens (tertiary/aromatic N) is 1. The van der Waals surface area contributed by atoms with Crippen LogP contribution in [0, 0.1) is 5.82 Å². The van der Waals surface area contributed by atoms with Gasteiger partial charge < -0.3 is 5.32 Å². The van der Waals surface area contributed by atoms with Crippen LogP contribution in [0.1, 0.15) is 19.4 Å². The van der Waals surface area contributed by atoms with Gasteiger partial charge in [-0.1, -0.05) is 0 Å². The minimum Gasteiger partial charge on any atom is -0.311 e. The molecule has 1 aromatic carbocycles. The third-order valence-electron chi connectivity index (χ3n) is 3.07. The molecule has 0 spiro atoms. The summed E-state index contributed by atoms with van der Waals surface area (Å²) in [5.41, 5.74) is 2.73. The molecule has 2 N–H and O–H groups in total. The van der Waals surface area contributed by atoms with Crippen LogP contribution in [-0.4, -0.2) is 17.2 Å². The van der Waals surface area contributed by atoms with Gasteiger partial charge in [-0.15, -0.1) is 0 Å². The van der Waals surface area contributed by atoms with Crippen molar-refractivity contribution in [2.24, 2.45) is 0 Å². The van der Waals surface area contributed by atoms with Gasteiger partial charge in [-0.2, -0.15) is 5.10 Å². The Kier molecular flexibility index (Phi) is 2.98. The van der Waals surface area contributed by atoms with Crippen molar-refractivity contribution in [3.05, 3.63) is 41.8 Å². The number of H-pyrrole nitrogens is 1. The van der Waals surface area contributed by atoms with Crippen molar-refractivity contribution in [1.82, 2.24) is 15.5 Å². The molecule has 4 heteroatoms. The molecule has 0 saturated carbocycles. The Morgan fingerprint density at radius 3 is 2.47 bits per heavy atom. The lowest BCUT2D eigenvalue weighted by atomic mass is 9.92. The highest BCUT2D eigenvalue weighted by Gasteiger charge is 2.23.